The minimum atomic E-state index is -3.92. The van der Waals surface area contributed by atoms with E-state index in [2.05, 4.69) is 10.0 Å². The Hall–Kier alpha value is -3.03. The summed E-state index contributed by atoms with van der Waals surface area (Å²) in [6, 6.07) is 17.6. The average molecular weight is 431 g/mol. The predicted molar refractivity (Wildman–Crippen MR) is 114 cm³/mol. The van der Waals surface area contributed by atoms with Gasteiger partial charge in [0.1, 0.15) is 5.75 Å². The topological polar surface area (TPSA) is 84.5 Å². The number of rotatable bonds is 6. The predicted octanol–water partition coefficient (Wildman–Crippen LogP) is 4.71. The smallest absolute Gasteiger partial charge is 0.262 e. The van der Waals surface area contributed by atoms with E-state index in [9.17, 15) is 13.2 Å². The van der Waals surface area contributed by atoms with Gasteiger partial charge in [-0.15, -0.1) is 0 Å². The Morgan fingerprint density at radius 1 is 0.966 bits per heavy atom. The van der Waals surface area contributed by atoms with E-state index in [1.54, 1.807) is 42.5 Å². The molecule has 0 unspecified atom stereocenters. The zero-order valence-electron chi connectivity index (χ0n) is 15.8. The van der Waals surface area contributed by atoms with Crippen molar-refractivity contribution in [1.29, 1.82) is 0 Å². The SMILES string of the molecule is COc1ccccc1NS(=O)(=O)c1cccc(C(=O)Nc2cc(Cl)ccc2C)c1. The zero-order chi connectivity index (χ0) is 21.0. The number of sulfonamides is 1. The van der Waals surface area contributed by atoms with Crippen molar-refractivity contribution in [1.82, 2.24) is 0 Å². The summed E-state index contributed by atoms with van der Waals surface area (Å²) in [7, 11) is -2.47. The van der Waals surface area contributed by atoms with Gasteiger partial charge in [0.05, 0.1) is 17.7 Å². The molecule has 29 heavy (non-hydrogen) atoms. The quantitative estimate of drug-likeness (QED) is 0.593. The van der Waals surface area contributed by atoms with Crippen LogP contribution >= 0.6 is 11.6 Å². The van der Waals surface area contributed by atoms with Crippen molar-refractivity contribution >= 4 is 38.9 Å². The van der Waals surface area contributed by atoms with E-state index in [-0.39, 0.29) is 10.5 Å². The van der Waals surface area contributed by atoms with E-state index in [1.165, 1.54) is 31.4 Å². The maximum atomic E-state index is 12.8. The molecule has 1 amide bonds. The first-order valence-electron chi connectivity index (χ1n) is 8.63. The van der Waals surface area contributed by atoms with Crippen molar-refractivity contribution in [2.24, 2.45) is 0 Å². The minimum Gasteiger partial charge on any atom is -0.495 e. The molecule has 0 radical (unpaired) electrons. The second-order valence-corrected chi connectivity index (χ2v) is 8.37. The maximum Gasteiger partial charge on any atom is 0.262 e. The molecule has 0 fully saturated rings. The van der Waals surface area contributed by atoms with Crippen molar-refractivity contribution in [3.05, 3.63) is 82.9 Å². The molecule has 0 saturated heterocycles. The standard InChI is InChI=1S/C21H19ClN2O4S/c1-14-10-11-16(22)13-19(14)23-21(25)15-6-5-7-17(12-15)29(26,27)24-18-8-3-4-9-20(18)28-2/h3-13,24H,1-2H3,(H,23,25). The lowest BCUT2D eigenvalue weighted by atomic mass is 10.1. The fraction of sp³-hybridized carbons (Fsp3) is 0.0952. The molecule has 0 aliphatic carbocycles. The van der Waals surface area contributed by atoms with Gasteiger partial charge in [0.2, 0.25) is 0 Å². The lowest BCUT2D eigenvalue weighted by Crippen LogP contribution is -2.16. The first-order valence-corrected chi connectivity index (χ1v) is 10.5. The number of anilines is 2. The summed E-state index contributed by atoms with van der Waals surface area (Å²) in [6.45, 7) is 1.84. The summed E-state index contributed by atoms with van der Waals surface area (Å²) in [6.07, 6.45) is 0. The Morgan fingerprint density at radius 3 is 2.48 bits per heavy atom. The molecule has 0 saturated carbocycles. The number of aryl methyl sites for hydroxylation is 1. The van der Waals surface area contributed by atoms with E-state index in [4.69, 9.17) is 16.3 Å². The Labute approximate surface area is 174 Å². The van der Waals surface area contributed by atoms with Crippen molar-refractivity contribution in [3.8, 4) is 5.75 Å². The molecule has 6 nitrogen and oxygen atoms in total. The van der Waals surface area contributed by atoms with E-state index >= 15 is 0 Å². The number of para-hydroxylation sites is 2. The number of carbonyl (C=O) groups is 1. The summed E-state index contributed by atoms with van der Waals surface area (Å²) in [4.78, 5) is 12.6. The van der Waals surface area contributed by atoms with Crippen LogP contribution in [0.4, 0.5) is 11.4 Å². The fourth-order valence-electron chi connectivity index (χ4n) is 2.66. The Morgan fingerprint density at radius 2 is 1.72 bits per heavy atom. The van der Waals surface area contributed by atoms with Crippen LogP contribution in [0.2, 0.25) is 5.02 Å². The lowest BCUT2D eigenvalue weighted by molar-refractivity contribution is 0.102. The number of hydrogen-bond acceptors (Lipinski definition) is 4. The molecule has 3 aromatic carbocycles. The molecule has 8 heteroatoms. The number of amides is 1. The molecule has 3 rings (SSSR count). The number of ether oxygens (including phenoxy) is 1. The molecule has 0 heterocycles. The number of halogens is 1. The van der Waals surface area contributed by atoms with Gasteiger partial charge in [0.25, 0.3) is 15.9 Å². The lowest BCUT2D eigenvalue weighted by Gasteiger charge is -2.13. The molecule has 0 bridgehead atoms. The van der Waals surface area contributed by atoms with Crippen LogP contribution < -0.4 is 14.8 Å². The largest absolute Gasteiger partial charge is 0.495 e. The van der Waals surface area contributed by atoms with Crippen LogP contribution in [0.15, 0.2) is 71.6 Å². The van der Waals surface area contributed by atoms with Gasteiger partial charge < -0.3 is 10.1 Å². The first kappa shape index (κ1) is 20.7. The average Bonchev–Trinajstić information content (AvgIpc) is 2.71. The summed E-state index contributed by atoms with van der Waals surface area (Å²) in [5.41, 5.74) is 1.90. The van der Waals surface area contributed by atoms with Crippen LogP contribution in [-0.4, -0.2) is 21.4 Å². The molecule has 0 aliphatic rings. The van der Waals surface area contributed by atoms with Crippen molar-refractivity contribution in [2.75, 3.05) is 17.1 Å². The molecule has 0 aromatic heterocycles. The summed E-state index contributed by atoms with van der Waals surface area (Å²) >= 11 is 5.98. The second-order valence-electron chi connectivity index (χ2n) is 6.25. The number of nitrogens with one attached hydrogen (secondary N) is 2. The number of benzene rings is 3. The van der Waals surface area contributed by atoms with Crippen molar-refractivity contribution in [3.63, 3.8) is 0 Å². The summed E-state index contributed by atoms with van der Waals surface area (Å²) < 4.78 is 33.2. The first-order chi connectivity index (χ1) is 13.8. The minimum absolute atomic E-state index is 0.0427. The highest BCUT2D eigenvalue weighted by Gasteiger charge is 2.18. The van der Waals surface area contributed by atoms with Gasteiger partial charge in [0.15, 0.2) is 0 Å². The highest BCUT2D eigenvalue weighted by Crippen LogP contribution is 2.26. The molecule has 2 N–H and O–H groups in total. The number of carbonyl (C=O) groups excluding carboxylic acids is 1. The van der Waals surface area contributed by atoms with E-state index in [0.717, 1.165) is 5.56 Å². The normalized spacial score (nSPS) is 11.0. The van der Waals surface area contributed by atoms with Gasteiger partial charge in [-0.05, 0) is 55.0 Å². The molecule has 0 atom stereocenters. The van der Waals surface area contributed by atoms with Crippen molar-refractivity contribution in [2.45, 2.75) is 11.8 Å². The van der Waals surface area contributed by atoms with Crippen LogP contribution in [0, 0.1) is 6.92 Å². The van der Waals surface area contributed by atoms with Gasteiger partial charge in [-0.25, -0.2) is 8.42 Å². The Kier molecular flexibility index (Phi) is 6.10. The Bertz CT molecular complexity index is 1160. The van der Waals surface area contributed by atoms with Gasteiger partial charge in [-0.1, -0.05) is 35.9 Å². The third kappa shape index (κ3) is 4.88. The molecule has 0 spiro atoms. The third-order valence-electron chi connectivity index (χ3n) is 4.21. The molecular formula is C21H19ClN2O4S. The van der Waals surface area contributed by atoms with Crippen LogP contribution in [0.5, 0.6) is 5.75 Å². The highest BCUT2D eigenvalue weighted by atomic mass is 35.5. The van der Waals surface area contributed by atoms with Crippen LogP contribution in [0.1, 0.15) is 15.9 Å². The van der Waals surface area contributed by atoms with E-state index in [0.29, 0.717) is 22.1 Å². The molecule has 3 aromatic rings. The second kappa shape index (κ2) is 8.55. The summed E-state index contributed by atoms with van der Waals surface area (Å²) in [5, 5.41) is 3.24. The Balaban J connectivity index is 1.86. The fourth-order valence-corrected chi connectivity index (χ4v) is 3.95. The van der Waals surface area contributed by atoms with Gasteiger partial charge in [-0.3, -0.25) is 9.52 Å². The number of hydrogen-bond donors (Lipinski definition) is 2. The van der Waals surface area contributed by atoms with Crippen molar-refractivity contribution < 1.29 is 17.9 Å². The van der Waals surface area contributed by atoms with Crippen LogP contribution in [0.3, 0.4) is 0 Å². The van der Waals surface area contributed by atoms with E-state index < -0.39 is 15.9 Å². The van der Waals surface area contributed by atoms with Crippen LogP contribution in [0.25, 0.3) is 0 Å². The van der Waals surface area contributed by atoms with Gasteiger partial charge >= 0.3 is 0 Å². The van der Waals surface area contributed by atoms with Crippen LogP contribution in [-0.2, 0) is 10.0 Å². The molecule has 0 aliphatic heterocycles. The maximum absolute atomic E-state index is 12.8. The monoisotopic (exact) mass is 430 g/mol. The third-order valence-corrected chi connectivity index (χ3v) is 5.80. The van der Waals surface area contributed by atoms with E-state index in [1.807, 2.05) is 6.92 Å². The zero-order valence-corrected chi connectivity index (χ0v) is 17.3. The van der Waals surface area contributed by atoms with Gasteiger partial charge in [0, 0.05) is 16.3 Å². The summed E-state index contributed by atoms with van der Waals surface area (Å²) in [5.74, 6) is -0.0499. The van der Waals surface area contributed by atoms with Gasteiger partial charge in [-0.2, -0.15) is 0 Å². The highest BCUT2D eigenvalue weighted by molar-refractivity contribution is 7.92. The molecule has 150 valence electrons. The number of methoxy groups -OCH3 is 1. The molecular weight excluding hydrogens is 412 g/mol.